The number of hydrogen-bond acceptors (Lipinski definition) is 4. The molecule has 0 spiro atoms. The number of benzene rings is 1. The highest BCUT2D eigenvalue weighted by atomic mass is 16.5. The van der Waals surface area contributed by atoms with Gasteiger partial charge in [0.25, 0.3) is 0 Å². The van der Waals surface area contributed by atoms with Crippen molar-refractivity contribution in [1.29, 1.82) is 0 Å². The Labute approximate surface area is 123 Å². The van der Waals surface area contributed by atoms with Gasteiger partial charge in [-0.2, -0.15) is 0 Å². The van der Waals surface area contributed by atoms with Crippen LogP contribution in [0.15, 0.2) is 18.2 Å². The molecule has 0 bridgehead atoms. The first-order chi connectivity index (χ1) is 9.95. The van der Waals surface area contributed by atoms with Crippen molar-refractivity contribution in [3.63, 3.8) is 0 Å². The van der Waals surface area contributed by atoms with Crippen LogP contribution in [0.1, 0.15) is 30.6 Å². The fourth-order valence-electron chi connectivity index (χ4n) is 2.63. The summed E-state index contributed by atoms with van der Waals surface area (Å²) in [6.07, 6.45) is 0.593. The van der Waals surface area contributed by atoms with E-state index in [0.29, 0.717) is 25.3 Å². The maximum atomic E-state index is 12.6. The molecule has 0 saturated carbocycles. The second-order valence-electron chi connectivity index (χ2n) is 5.13. The predicted molar refractivity (Wildman–Crippen MR) is 79.4 cm³/mol. The Morgan fingerprint density at radius 3 is 2.67 bits per heavy atom. The van der Waals surface area contributed by atoms with Crippen molar-refractivity contribution >= 4 is 23.3 Å². The molecule has 114 valence electrons. The Morgan fingerprint density at radius 2 is 2.19 bits per heavy atom. The van der Waals surface area contributed by atoms with Crippen molar-refractivity contribution in [2.75, 3.05) is 23.8 Å². The summed E-state index contributed by atoms with van der Waals surface area (Å²) in [4.78, 5) is 25.2. The highest BCUT2D eigenvalue weighted by molar-refractivity contribution is 5.99. The number of carbonyl (C=O) groups is 2. The summed E-state index contributed by atoms with van der Waals surface area (Å²) >= 11 is 0. The predicted octanol–water partition coefficient (Wildman–Crippen LogP) is 1.74. The van der Waals surface area contributed by atoms with Gasteiger partial charge in [-0.1, -0.05) is 0 Å². The van der Waals surface area contributed by atoms with E-state index in [1.54, 1.807) is 11.0 Å². The molecular formula is C15H20N2O4. The molecule has 0 radical (unpaired) electrons. The summed E-state index contributed by atoms with van der Waals surface area (Å²) in [6, 6.07) is 4.42. The van der Waals surface area contributed by atoms with Crippen LogP contribution in [-0.4, -0.2) is 36.2 Å². The summed E-state index contributed by atoms with van der Waals surface area (Å²) in [5.41, 5.74) is 6.86. The van der Waals surface area contributed by atoms with E-state index in [9.17, 15) is 9.59 Å². The maximum Gasteiger partial charge on any atom is 0.335 e. The van der Waals surface area contributed by atoms with Crippen LogP contribution >= 0.6 is 0 Å². The quantitative estimate of drug-likeness (QED) is 0.825. The lowest BCUT2D eigenvalue weighted by Crippen LogP contribution is -2.39. The van der Waals surface area contributed by atoms with Gasteiger partial charge < -0.3 is 20.5 Å². The minimum absolute atomic E-state index is 0.0303. The van der Waals surface area contributed by atoms with Gasteiger partial charge >= 0.3 is 5.97 Å². The first-order valence-electron chi connectivity index (χ1n) is 7.01. The summed E-state index contributed by atoms with van der Waals surface area (Å²) in [7, 11) is 0. The lowest BCUT2D eigenvalue weighted by Gasteiger charge is -2.26. The van der Waals surface area contributed by atoms with Crippen LogP contribution in [0.4, 0.5) is 11.4 Å². The first-order valence-corrected chi connectivity index (χ1v) is 7.01. The molecule has 0 aromatic heterocycles. The van der Waals surface area contributed by atoms with E-state index in [4.69, 9.17) is 15.6 Å². The standard InChI is InChI=1S/C15H20N2O4/c1-3-17(14(18)11-6-7-21-9(11)2)13-5-4-10(15(19)20)8-12(13)16/h4-5,8-9,11H,3,6-7,16H2,1-2H3,(H,19,20). The fourth-order valence-corrected chi connectivity index (χ4v) is 2.63. The van der Waals surface area contributed by atoms with E-state index in [-0.39, 0.29) is 29.2 Å². The van der Waals surface area contributed by atoms with E-state index in [1.165, 1.54) is 12.1 Å². The average Bonchev–Trinajstić information content (AvgIpc) is 2.87. The van der Waals surface area contributed by atoms with Crippen molar-refractivity contribution in [3.8, 4) is 0 Å². The van der Waals surface area contributed by atoms with Crippen molar-refractivity contribution in [3.05, 3.63) is 23.8 Å². The zero-order chi connectivity index (χ0) is 15.6. The Bertz CT molecular complexity index is 559. The van der Waals surface area contributed by atoms with Crippen molar-refractivity contribution < 1.29 is 19.4 Å². The van der Waals surface area contributed by atoms with E-state index < -0.39 is 5.97 Å². The average molecular weight is 292 g/mol. The molecule has 6 heteroatoms. The van der Waals surface area contributed by atoms with Gasteiger partial charge in [-0.15, -0.1) is 0 Å². The van der Waals surface area contributed by atoms with Gasteiger partial charge in [0.15, 0.2) is 0 Å². The molecule has 2 atom stereocenters. The van der Waals surface area contributed by atoms with Gasteiger partial charge in [-0.25, -0.2) is 4.79 Å². The number of carboxylic acid groups (broad SMARTS) is 1. The van der Waals surface area contributed by atoms with E-state index in [2.05, 4.69) is 0 Å². The maximum absolute atomic E-state index is 12.6. The number of ether oxygens (including phenoxy) is 1. The Balaban J connectivity index is 2.29. The highest BCUT2D eigenvalue weighted by Crippen LogP contribution is 2.29. The molecule has 1 amide bonds. The Hall–Kier alpha value is -2.08. The molecule has 1 aliphatic heterocycles. The topological polar surface area (TPSA) is 92.9 Å². The van der Waals surface area contributed by atoms with Crippen LogP contribution in [0, 0.1) is 5.92 Å². The lowest BCUT2D eigenvalue weighted by molar-refractivity contribution is -0.123. The van der Waals surface area contributed by atoms with Crippen LogP contribution in [0.2, 0.25) is 0 Å². The largest absolute Gasteiger partial charge is 0.478 e. The molecule has 21 heavy (non-hydrogen) atoms. The lowest BCUT2D eigenvalue weighted by atomic mass is 10.00. The number of rotatable bonds is 4. The van der Waals surface area contributed by atoms with Gasteiger partial charge in [-0.05, 0) is 38.5 Å². The van der Waals surface area contributed by atoms with Gasteiger partial charge in [0.05, 0.1) is 29.0 Å². The SMILES string of the molecule is CCN(C(=O)C1CCOC1C)c1ccc(C(=O)O)cc1N. The number of nitrogens with zero attached hydrogens (tertiary/aromatic N) is 1. The van der Waals surface area contributed by atoms with Crippen LogP contribution in [0.5, 0.6) is 0 Å². The number of nitrogens with two attached hydrogens (primary N) is 1. The van der Waals surface area contributed by atoms with Crippen molar-refractivity contribution in [1.82, 2.24) is 0 Å². The van der Waals surface area contributed by atoms with Gasteiger partial charge in [-0.3, -0.25) is 4.79 Å². The second-order valence-corrected chi connectivity index (χ2v) is 5.13. The molecule has 1 fully saturated rings. The number of hydrogen-bond donors (Lipinski definition) is 2. The first kappa shape index (κ1) is 15.3. The number of anilines is 2. The Morgan fingerprint density at radius 1 is 1.48 bits per heavy atom. The Kier molecular flexibility index (Phi) is 4.47. The van der Waals surface area contributed by atoms with E-state index in [1.807, 2.05) is 13.8 Å². The molecule has 1 heterocycles. The minimum Gasteiger partial charge on any atom is -0.478 e. The molecule has 3 N–H and O–H groups in total. The highest BCUT2D eigenvalue weighted by Gasteiger charge is 2.34. The van der Waals surface area contributed by atoms with E-state index in [0.717, 1.165) is 0 Å². The van der Waals surface area contributed by atoms with Crippen LogP contribution < -0.4 is 10.6 Å². The second kappa shape index (κ2) is 6.13. The van der Waals surface area contributed by atoms with E-state index >= 15 is 0 Å². The number of nitrogen functional groups attached to an aromatic ring is 1. The zero-order valence-corrected chi connectivity index (χ0v) is 12.2. The minimum atomic E-state index is -1.04. The van der Waals surface area contributed by atoms with Crippen molar-refractivity contribution in [2.24, 2.45) is 5.92 Å². The van der Waals surface area contributed by atoms with Crippen LogP contribution in [0.3, 0.4) is 0 Å². The van der Waals surface area contributed by atoms with Crippen LogP contribution in [0.25, 0.3) is 0 Å². The molecule has 0 aliphatic carbocycles. The summed E-state index contributed by atoms with van der Waals surface area (Å²) in [6.45, 7) is 4.81. The molecule has 1 saturated heterocycles. The number of aromatic carboxylic acids is 1. The third kappa shape index (κ3) is 3.00. The molecule has 2 unspecified atom stereocenters. The third-order valence-corrected chi connectivity index (χ3v) is 3.84. The summed E-state index contributed by atoms with van der Waals surface area (Å²) in [5, 5.41) is 8.96. The normalized spacial score (nSPS) is 21.2. The smallest absolute Gasteiger partial charge is 0.335 e. The fraction of sp³-hybridized carbons (Fsp3) is 0.467. The molecule has 1 aromatic carbocycles. The molecule has 6 nitrogen and oxygen atoms in total. The molecule has 1 aromatic rings. The number of carboxylic acids is 1. The monoisotopic (exact) mass is 292 g/mol. The van der Waals surface area contributed by atoms with Gasteiger partial charge in [0.1, 0.15) is 0 Å². The molecular weight excluding hydrogens is 272 g/mol. The zero-order valence-electron chi connectivity index (χ0n) is 12.2. The van der Waals surface area contributed by atoms with Crippen LogP contribution in [-0.2, 0) is 9.53 Å². The van der Waals surface area contributed by atoms with Crippen molar-refractivity contribution in [2.45, 2.75) is 26.4 Å². The van der Waals surface area contributed by atoms with Gasteiger partial charge in [0.2, 0.25) is 5.91 Å². The molecule has 2 rings (SSSR count). The van der Waals surface area contributed by atoms with Gasteiger partial charge in [0, 0.05) is 13.2 Å². The third-order valence-electron chi connectivity index (χ3n) is 3.84. The molecule has 1 aliphatic rings. The number of amides is 1. The number of carbonyl (C=O) groups excluding carboxylic acids is 1. The summed E-state index contributed by atoms with van der Waals surface area (Å²) in [5.74, 6) is -1.25. The summed E-state index contributed by atoms with van der Waals surface area (Å²) < 4.78 is 5.44.